The number of carbonyl (C=O) groups is 2. The van der Waals surface area contributed by atoms with E-state index < -0.39 is 17.2 Å². The van der Waals surface area contributed by atoms with Gasteiger partial charge in [-0.2, -0.15) is 0 Å². The number of carbonyl (C=O) groups excluding carboxylic acids is 2. The minimum Gasteiger partial charge on any atom is -0.504 e. The van der Waals surface area contributed by atoms with Crippen molar-refractivity contribution >= 4 is 27.7 Å². The van der Waals surface area contributed by atoms with Gasteiger partial charge in [-0.3, -0.25) is 9.59 Å². The van der Waals surface area contributed by atoms with Crippen LogP contribution in [-0.2, 0) is 0 Å². The summed E-state index contributed by atoms with van der Waals surface area (Å²) in [4.78, 5) is 28.6. The van der Waals surface area contributed by atoms with E-state index in [-0.39, 0.29) is 17.4 Å². The van der Waals surface area contributed by atoms with Crippen molar-refractivity contribution in [3.05, 3.63) is 52.0 Å². The summed E-state index contributed by atoms with van der Waals surface area (Å²) in [7, 11) is 0. The largest absolute Gasteiger partial charge is 0.504 e. The van der Waals surface area contributed by atoms with E-state index in [9.17, 15) is 24.9 Å². The molecule has 0 bridgehead atoms. The maximum absolute atomic E-state index is 12.7. The number of hydrogen-bond donors (Lipinski definition) is 3. The Bertz CT molecular complexity index is 863. The van der Waals surface area contributed by atoms with E-state index in [4.69, 9.17) is 0 Å². The van der Waals surface area contributed by atoms with E-state index >= 15 is 0 Å². The third-order valence-electron chi connectivity index (χ3n) is 4.46. The van der Waals surface area contributed by atoms with Gasteiger partial charge in [-0.25, -0.2) is 0 Å². The molecule has 2 aromatic carbocycles. The predicted octanol–water partition coefficient (Wildman–Crippen LogP) is 2.55. The molecule has 0 radical (unpaired) electrons. The molecule has 2 aromatic rings. The van der Waals surface area contributed by atoms with Crippen molar-refractivity contribution in [2.45, 2.75) is 6.42 Å². The molecule has 0 unspecified atom stereocenters. The van der Waals surface area contributed by atoms with Crippen molar-refractivity contribution in [2.75, 3.05) is 26.2 Å². The van der Waals surface area contributed by atoms with Crippen molar-refractivity contribution < 1.29 is 24.9 Å². The molecule has 7 nitrogen and oxygen atoms in total. The van der Waals surface area contributed by atoms with Crippen LogP contribution in [0.1, 0.15) is 27.1 Å². The summed E-state index contributed by atoms with van der Waals surface area (Å²) in [5, 5.41) is 28.6. The number of benzene rings is 2. The lowest BCUT2D eigenvalue weighted by Crippen LogP contribution is -2.37. The first-order valence-corrected chi connectivity index (χ1v) is 9.25. The van der Waals surface area contributed by atoms with Gasteiger partial charge in [-0.15, -0.1) is 0 Å². The van der Waals surface area contributed by atoms with Crippen molar-refractivity contribution in [1.29, 1.82) is 0 Å². The summed E-state index contributed by atoms with van der Waals surface area (Å²) in [5.41, 5.74) is 0.659. The van der Waals surface area contributed by atoms with Crippen LogP contribution in [-0.4, -0.2) is 63.1 Å². The average molecular weight is 435 g/mol. The molecule has 1 heterocycles. The van der Waals surface area contributed by atoms with Gasteiger partial charge in [0.1, 0.15) is 0 Å². The van der Waals surface area contributed by atoms with Crippen LogP contribution in [0.15, 0.2) is 40.9 Å². The predicted molar refractivity (Wildman–Crippen MR) is 102 cm³/mol. The van der Waals surface area contributed by atoms with Gasteiger partial charge in [0.2, 0.25) is 0 Å². The molecule has 3 N–H and O–H groups in total. The van der Waals surface area contributed by atoms with Crippen molar-refractivity contribution in [2.24, 2.45) is 0 Å². The second-order valence-electron chi connectivity index (χ2n) is 6.31. The number of nitrogens with zero attached hydrogens (tertiary/aromatic N) is 2. The Morgan fingerprint density at radius 2 is 1.37 bits per heavy atom. The molecular formula is C19H19BrN2O5. The number of aromatic hydroxyl groups is 3. The number of amides is 2. The molecule has 1 aliphatic heterocycles. The molecular weight excluding hydrogens is 416 g/mol. The number of phenols is 3. The first kappa shape index (κ1) is 19.0. The van der Waals surface area contributed by atoms with Crippen LogP contribution >= 0.6 is 15.9 Å². The van der Waals surface area contributed by atoms with E-state index in [1.54, 1.807) is 28.0 Å². The third kappa shape index (κ3) is 4.16. The number of rotatable bonds is 2. The molecule has 3 rings (SSSR count). The smallest absolute Gasteiger partial charge is 0.254 e. The Balaban J connectivity index is 1.71. The van der Waals surface area contributed by atoms with Crippen LogP contribution in [0.4, 0.5) is 0 Å². The minimum absolute atomic E-state index is 0.0783. The molecule has 0 aliphatic carbocycles. The Kier molecular flexibility index (Phi) is 5.55. The van der Waals surface area contributed by atoms with Crippen LogP contribution in [0.3, 0.4) is 0 Å². The van der Waals surface area contributed by atoms with Crippen LogP contribution in [0, 0.1) is 0 Å². The van der Waals surface area contributed by atoms with Crippen LogP contribution < -0.4 is 0 Å². The number of phenolic OH excluding ortho intramolecular Hbond substituents is 3. The first-order chi connectivity index (χ1) is 12.9. The first-order valence-electron chi connectivity index (χ1n) is 8.46. The fourth-order valence-corrected chi connectivity index (χ4v) is 3.44. The lowest BCUT2D eigenvalue weighted by molar-refractivity contribution is 0.0718. The van der Waals surface area contributed by atoms with Crippen LogP contribution in [0.2, 0.25) is 0 Å². The quantitative estimate of drug-likeness (QED) is 0.630. The average Bonchev–Trinajstić information content (AvgIpc) is 2.90. The van der Waals surface area contributed by atoms with Crippen molar-refractivity contribution in [1.82, 2.24) is 9.80 Å². The van der Waals surface area contributed by atoms with Crippen molar-refractivity contribution in [3.8, 4) is 17.2 Å². The van der Waals surface area contributed by atoms with Gasteiger partial charge >= 0.3 is 0 Å². The Morgan fingerprint density at radius 1 is 0.815 bits per heavy atom. The zero-order valence-corrected chi connectivity index (χ0v) is 16.0. The van der Waals surface area contributed by atoms with Crippen molar-refractivity contribution in [3.63, 3.8) is 0 Å². The lowest BCUT2D eigenvalue weighted by atomic mass is 10.1. The van der Waals surface area contributed by atoms with E-state index in [0.29, 0.717) is 38.2 Å². The molecule has 1 fully saturated rings. The minimum atomic E-state index is -0.659. The van der Waals surface area contributed by atoms with E-state index in [0.717, 1.165) is 16.6 Å². The monoisotopic (exact) mass is 434 g/mol. The summed E-state index contributed by atoms with van der Waals surface area (Å²) >= 11 is 3.36. The maximum atomic E-state index is 12.7. The summed E-state index contributed by atoms with van der Waals surface area (Å²) in [6, 6.07) is 9.40. The molecule has 142 valence electrons. The maximum Gasteiger partial charge on any atom is 0.254 e. The Labute approximate surface area is 164 Å². The molecule has 27 heavy (non-hydrogen) atoms. The number of hydrogen-bond acceptors (Lipinski definition) is 5. The Hall–Kier alpha value is -2.74. The van der Waals surface area contributed by atoms with Gasteiger partial charge in [-0.1, -0.05) is 22.0 Å². The second-order valence-corrected chi connectivity index (χ2v) is 7.23. The standard InChI is InChI=1S/C19H19BrN2O5/c20-14-4-1-3-12(9-14)18(26)21-5-2-6-22(8-7-21)19(27)13-10-15(23)17(25)16(24)11-13/h1,3-4,9-11,23-25H,2,5-8H2. The van der Waals surface area contributed by atoms with Gasteiger partial charge in [0.15, 0.2) is 17.2 Å². The normalized spacial score (nSPS) is 14.7. The molecule has 1 aliphatic rings. The molecule has 0 atom stereocenters. The summed E-state index contributed by atoms with van der Waals surface area (Å²) in [6.07, 6.45) is 0.613. The summed E-state index contributed by atoms with van der Waals surface area (Å²) in [5.74, 6) is -2.24. The highest BCUT2D eigenvalue weighted by molar-refractivity contribution is 9.10. The van der Waals surface area contributed by atoms with E-state index in [2.05, 4.69) is 15.9 Å². The second kappa shape index (κ2) is 7.87. The molecule has 0 saturated carbocycles. The molecule has 0 spiro atoms. The zero-order valence-electron chi connectivity index (χ0n) is 14.4. The third-order valence-corrected chi connectivity index (χ3v) is 4.95. The Morgan fingerprint density at radius 3 is 1.93 bits per heavy atom. The van der Waals surface area contributed by atoms with Crippen LogP contribution in [0.5, 0.6) is 17.2 Å². The van der Waals surface area contributed by atoms with Gasteiger partial charge in [0.25, 0.3) is 11.8 Å². The van der Waals surface area contributed by atoms with E-state index in [1.807, 2.05) is 6.07 Å². The molecule has 2 amide bonds. The molecule has 0 aromatic heterocycles. The van der Waals surface area contributed by atoms with Gasteiger partial charge in [0, 0.05) is 41.8 Å². The summed E-state index contributed by atoms with van der Waals surface area (Å²) in [6.45, 7) is 1.69. The van der Waals surface area contributed by atoms with Gasteiger partial charge in [-0.05, 0) is 36.8 Å². The van der Waals surface area contributed by atoms with Crippen LogP contribution in [0.25, 0.3) is 0 Å². The topological polar surface area (TPSA) is 101 Å². The zero-order chi connectivity index (χ0) is 19.6. The fourth-order valence-electron chi connectivity index (χ4n) is 3.04. The molecule has 8 heteroatoms. The lowest BCUT2D eigenvalue weighted by Gasteiger charge is -2.22. The SMILES string of the molecule is O=C(c1cccc(Br)c1)N1CCCN(C(=O)c2cc(O)c(O)c(O)c2)CC1. The number of halogens is 1. The highest BCUT2D eigenvalue weighted by Crippen LogP contribution is 2.35. The molecule has 1 saturated heterocycles. The van der Waals surface area contributed by atoms with Gasteiger partial charge in [0.05, 0.1) is 0 Å². The summed E-state index contributed by atoms with van der Waals surface area (Å²) < 4.78 is 0.826. The highest BCUT2D eigenvalue weighted by Gasteiger charge is 2.24. The highest BCUT2D eigenvalue weighted by atomic mass is 79.9. The van der Waals surface area contributed by atoms with Gasteiger partial charge < -0.3 is 25.1 Å². The van der Waals surface area contributed by atoms with E-state index in [1.165, 1.54) is 0 Å². The fraction of sp³-hybridized carbons (Fsp3) is 0.263.